The largest absolute Gasteiger partial charge is 0.337 e. The number of sulfonamides is 1. The number of halogens is 3. The third-order valence-corrected chi connectivity index (χ3v) is 8.04. The summed E-state index contributed by atoms with van der Waals surface area (Å²) >= 11 is 0. The van der Waals surface area contributed by atoms with Crippen LogP contribution in [0.15, 0.2) is 41.3 Å². The van der Waals surface area contributed by atoms with E-state index in [9.17, 15) is 26.4 Å². The van der Waals surface area contributed by atoms with E-state index >= 15 is 0 Å². The van der Waals surface area contributed by atoms with Gasteiger partial charge in [-0.15, -0.1) is 0 Å². The summed E-state index contributed by atoms with van der Waals surface area (Å²) in [6.07, 6.45) is 0.216. The molecular weight excluding hydrogens is 457 g/mol. The zero-order valence-electron chi connectivity index (χ0n) is 17.4. The number of carbonyl (C=O) groups is 1. The Morgan fingerprint density at radius 1 is 1.09 bits per heavy atom. The summed E-state index contributed by atoms with van der Waals surface area (Å²) in [5, 5.41) is 8.89. The Balaban J connectivity index is 1.38. The van der Waals surface area contributed by atoms with Gasteiger partial charge in [-0.25, -0.2) is 21.6 Å². The molecule has 174 valence electrons. The summed E-state index contributed by atoms with van der Waals surface area (Å²) in [7, 11) is -3.77. The molecule has 2 heterocycles. The molecule has 2 aliphatic heterocycles. The molecule has 2 unspecified atom stereocenters. The molecule has 2 fully saturated rings. The molecule has 2 aliphatic rings. The van der Waals surface area contributed by atoms with Gasteiger partial charge in [0.2, 0.25) is 15.9 Å². The van der Waals surface area contributed by atoms with Crippen molar-refractivity contribution in [2.45, 2.75) is 42.3 Å². The van der Waals surface area contributed by atoms with Gasteiger partial charge in [-0.05, 0) is 48.7 Å². The fraction of sp³-hybridized carbons (Fsp3) is 0.364. The molecule has 11 heteroatoms. The molecule has 33 heavy (non-hydrogen) atoms. The highest BCUT2D eigenvalue weighted by molar-refractivity contribution is 7.89. The average molecular weight is 478 g/mol. The molecule has 2 N–H and O–H groups in total. The van der Waals surface area contributed by atoms with Gasteiger partial charge in [0.15, 0.2) is 11.6 Å². The van der Waals surface area contributed by atoms with Gasteiger partial charge in [0, 0.05) is 43.7 Å². The Labute approximate surface area is 189 Å². The van der Waals surface area contributed by atoms with Gasteiger partial charge in [0.1, 0.15) is 5.82 Å². The summed E-state index contributed by atoms with van der Waals surface area (Å²) in [6.45, 7) is 0.358. The Bertz CT molecular complexity index is 1230. The lowest BCUT2D eigenvalue weighted by Gasteiger charge is -2.34. The molecule has 0 saturated carbocycles. The second kappa shape index (κ2) is 8.78. The summed E-state index contributed by atoms with van der Waals surface area (Å²) in [6, 6.07) is 7.29. The first-order valence-electron chi connectivity index (χ1n) is 10.3. The zero-order chi connectivity index (χ0) is 23.9. The van der Waals surface area contributed by atoms with Gasteiger partial charge in [-0.2, -0.15) is 9.57 Å². The predicted molar refractivity (Wildman–Crippen MR) is 112 cm³/mol. The number of carbonyl (C=O) groups excluding carboxylic acids is 1. The number of fused-ring (bicyclic) bond motifs is 2. The third-order valence-electron chi connectivity index (χ3n) is 6.11. The standard InChI is InChI=1S/C22H21F3N4O3S/c23-19-9-21(25)20(24)6-14(19)5-15(27)7-22(30)28-11-17-8-16(28)12-29(17)33(31,32)18-3-1-13(10-26)2-4-18/h1-4,6,9,15-17H,5,7-8,11-12,27H2/t15-,16?,17?/m1/s1. The minimum absolute atomic E-state index is 0.0857. The van der Waals surface area contributed by atoms with E-state index in [1.807, 2.05) is 6.07 Å². The van der Waals surface area contributed by atoms with Crippen molar-refractivity contribution in [3.63, 3.8) is 0 Å². The minimum atomic E-state index is -3.77. The van der Waals surface area contributed by atoms with Gasteiger partial charge in [-0.3, -0.25) is 4.79 Å². The van der Waals surface area contributed by atoms with Crippen LogP contribution >= 0.6 is 0 Å². The Morgan fingerprint density at radius 2 is 1.76 bits per heavy atom. The van der Waals surface area contributed by atoms with Crippen LogP contribution in [0.25, 0.3) is 0 Å². The van der Waals surface area contributed by atoms with Crippen LogP contribution in [0.3, 0.4) is 0 Å². The normalized spacial score (nSPS) is 21.2. The zero-order valence-corrected chi connectivity index (χ0v) is 18.2. The van der Waals surface area contributed by atoms with Gasteiger partial charge in [0.25, 0.3) is 0 Å². The van der Waals surface area contributed by atoms with E-state index < -0.39 is 33.5 Å². The van der Waals surface area contributed by atoms with Gasteiger partial charge >= 0.3 is 0 Å². The van der Waals surface area contributed by atoms with Crippen molar-refractivity contribution in [1.29, 1.82) is 5.26 Å². The van der Waals surface area contributed by atoms with E-state index in [1.54, 1.807) is 4.90 Å². The smallest absolute Gasteiger partial charge is 0.243 e. The van der Waals surface area contributed by atoms with Crippen molar-refractivity contribution in [3.05, 3.63) is 65.0 Å². The van der Waals surface area contributed by atoms with E-state index in [4.69, 9.17) is 11.0 Å². The lowest BCUT2D eigenvalue weighted by atomic mass is 10.0. The fourth-order valence-electron chi connectivity index (χ4n) is 4.48. The second-order valence-electron chi connectivity index (χ2n) is 8.33. The SMILES string of the molecule is N#Cc1ccc(S(=O)(=O)N2CC3CC2CN3C(=O)C[C@H](N)Cc2cc(F)c(F)cc2F)cc1. The van der Waals surface area contributed by atoms with Crippen LogP contribution in [0, 0.1) is 28.8 Å². The molecule has 2 aromatic rings. The van der Waals surface area contributed by atoms with E-state index in [1.165, 1.54) is 28.6 Å². The van der Waals surface area contributed by atoms with Crippen LogP contribution in [-0.4, -0.2) is 54.7 Å². The van der Waals surface area contributed by atoms with Crippen molar-refractivity contribution in [2.75, 3.05) is 13.1 Å². The van der Waals surface area contributed by atoms with E-state index in [2.05, 4.69) is 0 Å². The Kier molecular flexibility index (Phi) is 6.18. The molecule has 2 bridgehead atoms. The number of rotatable bonds is 6. The maximum atomic E-state index is 13.9. The average Bonchev–Trinajstić information content (AvgIpc) is 3.39. The molecule has 0 spiro atoms. The highest BCUT2D eigenvalue weighted by atomic mass is 32.2. The van der Waals surface area contributed by atoms with Crippen molar-refractivity contribution in [2.24, 2.45) is 5.73 Å². The van der Waals surface area contributed by atoms with Crippen LogP contribution in [0.1, 0.15) is 24.0 Å². The Hall–Kier alpha value is -2.94. The number of piperazine rings is 1. The second-order valence-corrected chi connectivity index (χ2v) is 10.2. The first-order valence-corrected chi connectivity index (χ1v) is 11.7. The van der Waals surface area contributed by atoms with Crippen LogP contribution in [0.2, 0.25) is 0 Å². The van der Waals surface area contributed by atoms with Crippen LogP contribution in [0.5, 0.6) is 0 Å². The summed E-state index contributed by atoms with van der Waals surface area (Å²) in [5.41, 5.74) is 6.21. The number of benzene rings is 2. The van der Waals surface area contributed by atoms with Gasteiger partial charge in [0.05, 0.1) is 16.5 Å². The van der Waals surface area contributed by atoms with Crippen molar-refractivity contribution < 1.29 is 26.4 Å². The minimum Gasteiger partial charge on any atom is -0.337 e. The highest BCUT2D eigenvalue weighted by Gasteiger charge is 2.49. The molecule has 2 aromatic carbocycles. The number of hydrogen-bond donors (Lipinski definition) is 1. The molecule has 1 amide bonds. The number of nitrogens with zero attached hydrogens (tertiary/aromatic N) is 3. The number of amides is 1. The maximum absolute atomic E-state index is 13.9. The van der Waals surface area contributed by atoms with Crippen LogP contribution in [-0.2, 0) is 21.2 Å². The monoisotopic (exact) mass is 478 g/mol. The molecule has 4 rings (SSSR count). The predicted octanol–water partition coefficient (Wildman–Crippen LogP) is 1.91. The molecule has 0 aliphatic carbocycles. The van der Waals surface area contributed by atoms with Gasteiger partial charge < -0.3 is 10.6 Å². The third kappa shape index (κ3) is 4.46. The first kappa shape index (κ1) is 23.2. The van der Waals surface area contributed by atoms with E-state index in [0.717, 1.165) is 6.07 Å². The Morgan fingerprint density at radius 3 is 2.36 bits per heavy atom. The van der Waals surface area contributed by atoms with Crippen LogP contribution in [0.4, 0.5) is 13.2 Å². The van der Waals surface area contributed by atoms with E-state index in [-0.39, 0.29) is 54.4 Å². The van der Waals surface area contributed by atoms with Crippen molar-refractivity contribution in [3.8, 4) is 6.07 Å². The summed E-state index contributed by atoms with van der Waals surface area (Å²) in [4.78, 5) is 14.4. The lowest BCUT2D eigenvalue weighted by molar-refractivity contribution is -0.133. The number of hydrogen-bond acceptors (Lipinski definition) is 5. The molecular formula is C22H21F3N4O3S. The molecule has 2 saturated heterocycles. The van der Waals surface area contributed by atoms with E-state index in [0.29, 0.717) is 18.1 Å². The summed E-state index contributed by atoms with van der Waals surface area (Å²) in [5.74, 6) is -3.71. The molecule has 3 atom stereocenters. The summed E-state index contributed by atoms with van der Waals surface area (Å²) < 4.78 is 67.7. The molecule has 0 aromatic heterocycles. The van der Waals surface area contributed by atoms with Crippen molar-refractivity contribution >= 4 is 15.9 Å². The fourth-order valence-corrected chi connectivity index (χ4v) is 6.15. The maximum Gasteiger partial charge on any atom is 0.243 e. The number of likely N-dealkylation sites (tertiary alicyclic amines) is 1. The first-order chi connectivity index (χ1) is 15.6. The quantitative estimate of drug-likeness (QED) is 0.639. The van der Waals surface area contributed by atoms with Crippen LogP contribution < -0.4 is 5.73 Å². The lowest BCUT2D eigenvalue weighted by Crippen LogP contribution is -2.51. The molecule has 0 radical (unpaired) electrons. The topological polar surface area (TPSA) is 107 Å². The van der Waals surface area contributed by atoms with Gasteiger partial charge in [-0.1, -0.05) is 0 Å². The number of nitriles is 1. The number of nitrogens with two attached hydrogens (primary N) is 1. The highest BCUT2D eigenvalue weighted by Crippen LogP contribution is 2.35. The van der Waals surface area contributed by atoms with Crippen molar-refractivity contribution in [1.82, 2.24) is 9.21 Å². The molecule has 7 nitrogen and oxygen atoms in total.